The Hall–Kier alpha value is -3.85. The topological polar surface area (TPSA) is 86.8 Å². The van der Waals surface area contributed by atoms with Gasteiger partial charge in [0.05, 0.1) is 10.6 Å². The molecule has 46 heavy (non-hydrogen) atoms. The lowest BCUT2D eigenvalue weighted by Crippen LogP contribution is -2.54. The number of carbonyl (C=O) groups is 2. The number of anilines is 1. The first-order valence-corrected chi connectivity index (χ1v) is 17.2. The highest BCUT2D eigenvalue weighted by molar-refractivity contribution is 7.92. The summed E-state index contributed by atoms with van der Waals surface area (Å²) in [5, 5.41) is 3.70. The molecule has 0 unspecified atom stereocenters. The molecule has 0 fully saturated rings. The van der Waals surface area contributed by atoms with Gasteiger partial charge in [-0.1, -0.05) is 83.4 Å². The Labute approximate surface area is 282 Å². The molecule has 4 aromatic rings. The Kier molecular flexibility index (Phi) is 11.5. The Balaban J connectivity index is 1.85. The molecular formula is C36H39Cl2N3O4S. The lowest BCUT2D eigenvalue weighted by atomic mass is 10.0. The quantitative estimate of drug-likeness (QED) is 0.171. The molecule has 4 rings (SSSR count). The summed E-state index contributed by atoms with van der Waals surface area (Å²) in [6.45, 7) is 8.70. The van der Waals surface area contributed by atoms with Crippen molar-refractivity contribution in [3.8, 4) is 0 Å². The lowest BCUT2D eigenvalue weighted by Gasteiger charge is -2.34. The minimum absolute atomic E-state index is 0.0516. The molecule has 0 aliphatic carbocycles. The van der Waals surface area contributed by atoms with Crippen LogP contribution < -0.4 is 9.62 Å². The van der Waals surface area contributed by atoms with Gasteiger partial charge in [-0.15, -0.1) is 0 Å². The maximum absolute atomic E-state index is 14.6. The number of nitrogens with one attached hydrogen (secondary N) is 1. The van der Waals surface area contributed by atoms with Gasteiger partial charge in [0.1, 0.15) is 12.6 Å². The van der Waals surface area contributed by atoms with E-state index in [9.17, 15) is 18.0 Å². The number of benzene rings is 4. The van der Waals surface area contributed by atoms with Gasteiger partial charge in [-0.2, -0.15) is 0 Å². The van der Waals surface area contributed by atoms with Gasteiger partial charge >= 0.3 is 0 Å². The predicted octanol–water partition coefficient (Wildman–Crippen LogP) is 7.28. The molecule has 0 spiro atoms. The summed E-state index contributed by atoms with van der Waals surface area (Å²) in [5.74, 6) is -0.933. The molecule has 2 amide bonds. The van der Waals surface area contributed by atoms with Gasteiger partial charge in [0.25, 0.3) is 10.0 Å². The number of sulfonamides is 1. The Morgan fingerprint density at radius 2 is 1.43 bits per heavy atom. The number of halogens is 2. The van der Waals surface area contributed by atoms with E-state index in [-0.39, 0.29) is 29.8 Å². The van der Waals surface area contributed by atoms with Crippen LogP contribution in [0.15, 0.2) is 95.9 Å². The van der Waals surface area contributed by atoms with Crippen LogP contribution in [0.2, 0.25) is 10.0 Å². The molecule has 1 N–H and O–H groups in total. The third kappa shape index (κ3) is 8.90. The average molecular weight is 681 g/mol. The van der Waals surface area contributed by atoms with Crippen molar-refractivity contribution in [1.82, 2.24) is 10.2 Å². The summed E-state index contributed by atoms with van der Waals surface area (Å²) in [4.78, 5) is 29.9. The first-order valence-electron chi connectivity index (χ1n) is 15.0. The van der Waals surface area contributed by atoms with Crippen molar-refractivity contribution in [2.75, 3.05) is 10.8 Å². The summed E-state index contributed by atoms with van der Waals surface area (Å²) < 4.78 is 29.6. The maximum atomic E-state index is 14.6. The second kappa shape index (κ2) is 15.2. The second-order valence-corrected chi connectivity index (χ2v) is 14.5. The zero-order chi connectivity index (χ0) is 33.6. The van der Waals surface area contributed by atoms with Gasteiger partial charge in [-0.3, -0.25) is 13.9 Å². The maximum Gasteiger partial charge on any atom is 0.264 e. The largest absolute Gasteiger partial charge is 0.352 e. The SMILES string of the molecule is Cc1ccc(S(=O)(=O)N(CC(=O)N(Cc2ccc(Cl)cc2Cl)[C@H](Cc2ccccc2)C(=O)NC(C)C)c2cc(C)cc(C)c2)cc1. The molecule has 0 saturated heterocycles. The molecule has 4 aromatic carbocycles. The molecule has 242 valence electrons. The van der Waals surface area contributed by atoms with Crippen molar-refractivity contribution < 1.29 is 18.0 Å². The monoisotopic (exact) mass is 679 g/mol. The summed E-state index contributed by atoms with van der Waals surface area (Å²) in [5.41, 5.74) is 4.34. The van der Waals surface area contributed by atoms with Crippen LogP contribution in [0.4, 0.5) is 5.69 Å². The predicted molar refractivity (Wildman–Crippen MR) is 186 cm³/mol. The Bertz CT molecular complexity index is 1780. The molecule has 0 aliphatic heterocycles. The molecule has 0 saturated carbocycles. The van der Waals surface area contributed by atoms with E-state index in [4.69, 9.17) is 23.2 Å². The van der Waals surface area contributed by atoms with Crippen LogP contribution in [0.5, 0.6) is 0 Å². The van der Waals surface area contributed by atoms with E-state index in [1.165, 1.54) is 17.0 Å². The highest BCUT2D eigenvalue weighted by atomic mass is 35.5. The first-order chi connectivity index (χ1) is 21.7. The molecule has 1 atom stereocenters. The van der Waals surface area contributed by atoms with E-state index < -0.39 is 28.5 Å². The van der Waals surface area contributed by atoms with Crippen molar-refractivity contribution in [2.24, 2.45) is 0 Å². The number of carbonyl (C=O) groups excluding carboxylic acids is 2. The van der Waals surface area contributed by atoms with Crippen molar-refractivity contribution in [3.05, 3.63) is 129 Å². The number of amides is 2. The Morgan fingerprint density at radius 1 is 0.804 bits per heavy atom. The van der Waals surface area contributed by atoms with Crippen molar-refractivity contribution >= 4 is 50.7 Å². The fourth-order valence-electron chi connectivity index (χ4n) is 5.23. The number of hydrogen-bond acceptors (Lipinski definition) is 4. The molecule has 0 aromatic heterocycles. The number of hydrogen-bond donors (Lipinski definition) is 1. The fraction of sp³-hybridized carbons (Fsp3) is 0.278. The summed E-state index contributed by atoms with van der Waals surface area (Å²) in [6.07, 6.45) is 0.199. The summed E-state index contributed by atoms with van der Waals surface area (Å²) in [6, 6.07) is 25.0. The average Bonchev–Trinajstić information content (AvgIpc) is 2.98. The van der Waals surface area contributed by atoms with E-state index >= 15 is 0 Å². The van der Waals surface area contributed by atoms with Crippen LogP contribution in [0.3, 0.4) is 0 Å². The van der Waals surface area contributed by atoms with Gasteiger partial charge in [0.2, 0.25) is 11.8 Å². The van der Waals surface area contributed by atoms with Crippen molar-refractivity contribution in [1.29, 1.82) is 0 Å². The normalized spacial score (nSPS) is 12.1. The van der Waals surface area contributed by atoms with Crippen molar-refractivity contribution in [2.45, 2.75) is 64.6 Å². The van der Waals surface area contributed by atoms with E-state index in [0.717, 1.165) is 26.6 Å². The van der Waals surface area contributed by atoms with Crippen LogP contribution in [-0.2, 0) is 32.6 Å². The van der Waals surface area contributed by atoms with Crippen LogP contribution in [0, 0.1) is 20.8 Å². The minimum Gasteiger partial charge on any atom is -0.352 e. The lowest BCUT2D eigenvalue weighted by molar-refractivity contribution is -0.140. The van der Waals surface area contributed by atoms with Crippen LogP contribution in [0.1, 0.15) is 41.7 Å². The van der Waals surface area contributed by atoms with Crippen molar-refractivity contribution in [3.63, 3.8) is 0 Å². The first kappa shape index (κ1) is 35.0. The van der Waals surface area contributed by atoms with Crippen LogP contribution >= 0.6 is 23.2 Å². The molecule has 7 nitrogen and oxygen atoms in total. The molecule has 0 heterocycles. The Morgan fingerprint density at radius 3 is 2.02 bits per heavy atom. The van der Waals surface area contributed by atoms with E-state index in [0.29, 0.717) is 21.3 Å². The highest BCUT2D eigenvalue weighted by Gasteiger charge is 2.35. The zero-order valence-electron chi connectivity index (χ0n) is 26.6. The second-order valence-electron chi connectivity index (χ2n) is 11.8. The molecular weight excluding hydrogens is 641 g/mol. The molecule has 0 aliphatic rings. The van der Waals surface area contributed by atoms with Gasteiger partial charge in [-0.05, 0) is 93.3 Å². The van der Waals surface area contributed by atoms with Crippen LogP contribution in [0.25, 0.3) is 0 Å². The number of nitrogens with zero attached hydrogens (tertiary/aromatic N) is 2. The molecule has 0 radical (unpaired) electrons. The van der Waals surface area contributed by atoms with E-state index in [2.05, 4.69) is 5.32 Å². The zero-order valence-corrected chi connectivity index (χ0v) is 29.0. The van der Waals surface area contributed by atoms with Crippen LogP contribution in [-0.4, -0.2) is 43.8 Å². The van der Waals surface area contributed by atoms with Gasteiger partial charge in [0.15, 0.2) is 0 Å². The van der Waals surface area contributed by atoms with Gasteiger partial charge < -0.3 is 10.2 Å². The fourth-order valence-corrected chi connectivity index (χ4v) is 7.10. The standard InChI is InChI=1S/C36H39Cl2N3O4S/c1-24(2)39-36(43)34(20-28-9-7-6-8-10-28)40(22-29-13-14-30(37)21-33(29)38)35(42)23-41(31-18-26(4)17-27(5)19-31)46(44,45)32-15-11-25(3)12-16-32/h6-19,21,24,34H,20,22-23H2,1-5H3,(H,39,43)/t34-/m1/s1. The molecule has 10 heteroatoms. The third-order valence-electron chi connectivity index (χ3n) is 7.44. The number of aryl methyl sites for hydroxylation is 3. The summed E-state index contributed by atoms with van der Waals surface area (Å²) in [7, 11) is -4.20. The van der Waals surface area contributed by atoms with Gasteiger partial charge in [-0.25, -0.2) is 8.42 Å². The minimum atomic E-state index is -4.20. The smallest absolute Gasteiger partial charge is 0.264 e. The highest BCUT2D eigenvalue weighted by Crippen LogP contribution is 2.28. The molecule has 0 bridgehead atoms. The van der Waals surface area contributed by atoms with E-state index in [1.807, 2.05) is 71.0 Å². The number of rotatable bonds is 12. The summed E-state index contributed by atoms with van der Waals surface area (Å²) >= 11 is 12.8. The van der Waals surface area contributed by atoms with Gasteiger partial charge in [0, 0.05) is 29.1 Å². The third-order valence-corrected chi connectivity index (χ3v) is 9.82. The van der Waals surface area contributed by atoms with E-state index in [1.54, 1.807) is 42.5 Å².